The molecule has 0 amide bonds. The molecule has 0 spiro atoms. The topological polar surface area (TPSA) is 44.1 Å². The van der Waals surface area contributed by atoms with Gasteiger partial charge in [0, 0.05) is 0 Å². The molecule has 0 radical (unpaired) electrons. The van der Waals surface area contributed by atoms with Gasteiger partial charge < -0.3 is 4.74 Å². The summed E-state index contributed by atoms with van der Waals surface area (Å²) in [6.07, 6.45) is 1.55. The largest absolute Gasteiger partial charge is 0.462 e. The summed E-state index contributed by atoms with van der Waals surface area (Å²) in [4.78, 5) is 11.7. The Morgan fingerprint density at radius 1 is 1.28 bits per heavy atom. The second-order valence-corrected chi connectivity index (χ2v) is 4.11. The van der Waals surface area contributed by atoms with Gasteiger partial charge in [-0.3, -0.25) is 0 Å². The zero-order valence-corrected chi connectivity index (χ0v) is 10.8. The van der Waals surface area contributed by atoms with Crippen molar-refractivity contribution < 1.29 is 9.53 Å². The molecule has 0 aliphatic rings. The maximum Gasteiger partial charge on any atom is 0.341 e. The molecule has 0 aliphatic carbocycles. The third-order valence-electron chi connectivity index (χ3n) is 2.78. The number of carbonyl (C=O) groups is 1. The first-order valence-corrected chi connectivity index (χ1v) is 5.92. The Labute approximate surface area is 106 Å². The number of carbonyl (C=O) groups excluding carboxylic acids is 1. The fourth-order valence-electron chi connectivity index (χ4n) is 1.77. The van der Waals surface area contributed by atoms with E-state index < -0.39 is 0 Å². The van der Waals surface area contributed by atoms with E-state index in [4.69, 9.17) is 4.74 Å². The van der Waals surface area contributed by atoms with E-state index in [2.05, 4.69) is 5.10 Å². The van der Waals surface area contributed by atoms with Gasteiger partial charge in [0.2, 0.25) is 0 Å². The van der Waals surface area contributed by atoms with Crippen molar-refractivity contribution in [3.63, 3.8) is 0 Å². The molecule has 18 heavy (non-hydrogen) atoms. The van der Waals surface area contributed by atoms with Crippen molar-refractivity contribution in [1.29, 1.82) is 0 Å². The number of aryl methyl sites for hydroxylation is 1. The van der Waals surface area contributed by atoms with Crippen LogP contribution in [0.4, 0.5) is 0 Å². The predicted octanol–water partition coefficient (Wildman–Crippen LogP) is 2.67. The third-order valence-corrected chi connectivity index (χ3v) is 2.78. The van der Waals surface area contributed by atoms with E-state index in [1.165, 1.54) is 5.56 Å². The van der Waals surface area contributed by atoms with Crippen LogP contribution in [0.5, 0.6) is 0 Å². The average molecular weight is 244 g/mol. The second kappa shape index (κ2) is 5.04. The number of esters is 1. The number of ether oxygens (including phenoxy) is 1. The van der Waals surface area contributed by atoms with Crippen molar-refractivity contribution in [1.82, 2.24) is 9.78 Å². The molecule has 4 heteroatoms. The Balaban J connectivity index is 2.36. The molecule has 2 aromatic rings. The number of rotatable bonds is 3. The lowest BCUT2D eigenvalue weighted by atomic mass is 10.2. The van der Waals surface area contributed by atoms with Gasteiger partial charge in [-0.25, -0.2) is 9.48 Å². The van der Waals surface area contributed by atoms with Gasteiger partial charge in [-0.05, 0) is 32.9 Å². The predicted molar refractivity (Wildman–Crippen MR) is 69.0 cm³/mol. The molecule has 1 aromatic carbocycles. The lowest BCUT2D eigenvalue weighted by Gasteiger charge is -2.05. The van der Waals surface area contributed by atoms with E-state index in [0.717, 1.165) is 11.4 Å². The molecular weight excluding hydrogens is 228 g/mol. The molecule has 0 aliphatic heterocycles. The monoisotopic (exact) mass is 244 g/mol. The molecule has 0 unspecified atom stereocenters. The second-order valence-electron chi connectivity index (χ2n) is 4.11. The minimum Gasteiger partial charge on any atom is -0.462 e. The maximum absolute atomic E-state index is 11.7. The molecule has 1 aromatic heterocycles. The summed E-state index contributed by atoms with van der Waals surface area (Å²) in [5.74, 6) is -0.326. The van der Waals surface area contributed by atoms with Crippen LogP contribution in [-0.2, 0) is 4.74 Å². The Hall–Kier alpha value is -2.10. The summed E-state index contributed by atoms with van der Waals surface area (Å²) in [5, 5.41) is 4.23. The van der Waals surface area contributed by atoms with E-state index in [1.807, 2.05) is 38.1 Å². The van der Waals surface area contributed by atoms with Crippen molar-refractivity contribution in [2.45, 2.75) is 20.8 Å². The van der Waals surface area contributed by atoms with Crippen LogP contribution in [0, 0.1) is 13.8 Å². The number of aromatic nitrogens is 2. The summed E-state index contributed by atoms with van der Waals surface area (Å²) in [6.45, 7) is 6.05. The van der Waals surface area contributed by atoms with Gasteiger partial charge in [0.05, 0.1) is 24.2 Å². The standard InChI is InChI=1S/C14H16N2O2/c1-4-18-14(17)13-9-15-16(11(13)3)12-7-5-10(2)6-8-12/h5-9H,4H2,1-3H3. The molecule has 0 N–H and O–H groups in total. The van der Waals surface area contributed by atoms with Gasteiger partial charge in [0.15, 0.2) is 0 Å². The van der Waals surface area contributed by atoms with Gasteiger partial charge in [0.25, 0.3) is 0 Å². The summed E-state index contributed by atoms with van der Waals surface area (Å²) in [6, 6.07) is 7.98. The first kappa shape index (κ1) is 12.4. The fourth-order valence-corrected chi connectivity index (χ4v) is 1.77. The molecule has 0 saturated heterocycles. The Morgan fingerprint density at radius 3 is 2.56 bits per heavy atom. The highest BCUT2D eigenvalue weighted by atomic mass is 16.5. The first-order chi connectivity index (χ1) is 8.63. The van der Waals surface area contributed by atoms with Crippen molar-refractivity contribution in [3.05, 3.63) is 47.3 Å². The van der Waals surface area contributed by atoms with Crippen LogP contribution in [-0.4, -0.2) is 22.4 Å². The van der Waals surface area contributed by atoms with E-state index in [9.17, 15) is 4.79 Å². The van der Waals surface area contributed by atoms with Gasteiger partial charge in [0.1, 0.15) is 5.56 Å². The van der Waals surface area contributed by atoms with Crippen molar-refractivity contribution in [2.24, 2.45) is 0 Å². The molecule has 2 rings (SSSR count). The van der Waals surface area contributed by atoms with Crippen LogP contribution < -0.4 is 0 Å². The molecule has 0 bridgehead atoms. The molecular formula is C14H16N2O2. The number of benzene rings is 1. The molecule has 94 valence electrons. The maximum atomic E-state index is 11.7. The Bertz CT molecular complexity index is 556. The van der Waals surface area contributed by atoms with Crippen LogP contribution >= 0.6 is 0 Å². The zero-order valence-electron chi connectivity index (χ0n) is 10.8. The van der Waals surface area contributed by atoms with Crippen molar-refractivity contribution >= 4 is 5.97 Å². The molecule has 4 nitrogen and oxygen atoms in total. The average Bonchev–Trinajstić information content (AvgIpc) is 2.73. The van der Waals surface area contributed by atoms with Gasteiger partial charge >= 0.3 is 5.97 Å². The van der Waals surface area contributed by atoms with Gasteiger partial charge in [-0.1, -0.05) is 17.7 Å². The Morgan fingerprint density at radius 2 is 1.94 bits per heavy atom. The minimum absolute atomic E-state index is 0.326. The summed E-state index contributed by atoms with van der Waals surface area (Å²) in [7, 11) is 0. The highest BCUT2D eigenvalue weighted by Crippen LogP contribution is 2.15. The highest BCUT2D eigenvalue weighted by Gasteiger charge is 2.15. The SMILES string of the molecule is CCOC(=O)c1cnn(-c2ccc(C)cc2)c1C. The normalized spacial score (nSPS) is 10.4. The highest BCUT2D eigenvalue weighted by molar-refractivity contribution is 5.90. The number of hydrogen-bond acceptors (Lipinski definition) is 3. The van der Waals surface area contributed by atoms with E-state index in [1.54, 1.807) is 17.8 Å². The summed E-state index contributed by atoms with van der Waals surface area (Å²) in [5.41, 5.74) is 3.43. The number of hydrogen-bond donors (Lipinski definition) is 0. The summed E-state index contributed by atoms with van der Waals surface area (Å²) >= 11 is 0. The van der Waals surface area contributed by atoms with Gasteiger partial charge in [-0.2, -0.15) is 5.10 Å². The molecule has 0 saturated carbocycles. The van der Waals surface area contributed by atoms with Gasteiger partial charge in [-0.15, -0.1) is 0 Å². The quantitative estimate of drug-likeness (QED) is 0.780. The van der Waals surface area contributed by atoms with E-state index in [-0.39, 0.29) is 5.97 Å². The van der Waals surface area contributed by atoms with E-state index >= 15 is 0 Å². The van der Waals surface area contributed by atoms with Crippen molar-refractivity contribution in [3.8, 4) is 5.69 Å². The molecule has 0 atom stereocenters. The fraction of sp³-hybridized carbons (Fsp3) is 0.286. The number of nitrogens with zero attached hydrogens (tertiary/aromatic N) is 2. The van der Waals surface area contributed by atoms with Crippen LogP contribution in [0.1, 0.15) is 28.5 Å². The molecule has 1 heterocycles. The minimum atomic E-state index is -0.326. The summed E-state index contributed by atoms with van der Waals surface area (Å²) < 4.78 is 6.73. The Kier molecular flexibility index (Phi) is 3.46. The smallest absolute Gasteiger partial charge is 0.341 e. The first-order valence-electron chi connectivity index (χ1n) is 5.92. The van der Waals surface area contributed by atoms with Crippen LogP contribution in [0.2, 0.25) is 0 Å². The third kappa shape index (κ3) is 2.27. The molecule has 0 fully saturated rings. The zero-order chi connectivity index (χ0) is 13.1. The van der Waals surface area contributed by atoms with Crippen LogP contribution in [0.15, 0.2) is 30.5 Å². The van der Waals surface area contributed by atoms with Crippen LogP contribution in [0.3, 0.4) is 0 Å². The van der Waals surface area contributed by atoms with E-state index in [0.29, 0.717) is 12.2 Å². The lowest BCUT2D eigenvalue weighted by Crippen LogP contribution is -2.06. The lowest BCUT2D eigenvalue weighted by molar-refractivity contribution is 0.0525. The van der Waals surface area contributed by atoms with Crippen LogP contribution in [0.25, 0.3) is 5.69 Å². The van der Waals surface area contributed by atoms with Crippen molar-refractivity contribution in [2.75, 3.05) is 6.61 Å².